The highest BCUT2D eigenvalue weighted by Crippen LogP contribution is 2.31. The van der Waals surface area contributed by atoms with E-state index in [0.29, 0.717) is 10.4 Å². The number of nitrogens with zero attached hydrogens (tertiary/aromatic N) is 2. The molecule has 17 heavy (non-hydrogen) atoms. The van der Waals surface area contributed by atoms with Crippen LogP contribution in [0.1, 0.15) is 22.1 Å². The predicted molar refractivity (Wildman–Crippen MR) is 55.4 cm³/mol. The van der Waals surface area contributed by atoms with Gasteiger partial charge in [0.15, 0.2) is 0 Å². The van der Waals surface area contributed by atoms with E-state index < -0.39 is 17.8 Å². The first-order valence-corrected chi connectivity index (χ1v) is 5.38. The van der Waals surface area contributed by atoms with Gasteiger partial charge in [-0.15, -0.1) is 5.10 Å². The molecule has 0 spiro atoms. The maximum absolute atomic E-state index is 12.3. The SMILES string of the molecule is OC(c1ccc(C(F)(F)F)cc1)c1cnns1. The first-order chi connectivity index (χ1) is 7.98. The molecule has 2 aromatic rings. The Kier molecular flexibility index (Phi) is 3.12. The van der Waals surface area contributed by atoms with Gasteiger partial charge in [-0.05, 0) is 29.2 Å². The van der Waals surface area contributed by atoms with Crippen molar-refractivity contribution in [3.8, 4) is 0 Å². The van der Waals surface area contributed by atoms with E-state index in [1.807, 2.05) is 0 Å². The van der Waals surface area contributed by atoms with Crippen LogP contribution in [0.25, 0.3) is 0 Å². The van der Waals surface area contributed by atoms with Crippen LogP contribution in [0.4, 0.5) is 13.2 Å². The van der Waals surface area contributed by atoms with Crippen molar-refractivity contribution >= 4 is 11.5 Å². The fraction of sp³-hybridized carbons (Fsp3) is 0.200. The molecule has 7 heteroatoms. The minimum Gasteiger partial charge on any atom is -0.383 e. The summed E-state index contributed by atoms with van der Waals surface area (Å²) < 4.78 is 40.5. The molecule has 0 aliphatic carbocycles. The van der Waals surface area contributed by atoms with E-state index in [1.54, 1.807) is 0 Å². The zero-order chi connectivity index (χ0) is 12.5. The van der Waals surface area contributed by atoms with Crippen LogP contribution in [0.5, 0.6) is 0 Å². The van der Waals surface area contributed by atoms with Crippen molar-refractivity contribution in [1.29, 1.82) is 0 Å². The van der Waals surface area contributed by atoms with Crippen molar-refractivity contribution < 1.29 is 18.3 Å². The maximum atomic E-state index is 12.3. The second kappa shape index (κ2) is 4.42. The Morgan fingerprint density at radius 3 is 2.29 bits per heavy atom. The fourth-order valence-corrected chi connectivity index (χ4v) is 1.83. The maximum Gasteiger partial charge on any atom is 0.416 e. The monoisotopic (exact) mass is 260 g/mol. The molecule has 0 saturated heterocycles. The van der Waals surface area contributed by atoms with Crippen molar-refractivity contribution in [2.75, 3.05) is 0 Å². The summed E-state index contributed by atoms with van der Waals surface area (Å²) in [6.45, 7) is 0. The van der Waals surface area contributed by atoms with Crippen LogP contribution in [0.3, 0.4) is 0 Å². The summed E-state index contributed by atoms with van der Waals surface area (Å²) in [4.78, 5) is 0.491. The highest BCUT2D eigenvalue weighted by molar-refractivity contribution is 7.05. The molecule has 0 bridgehead atoms. The third kappa shape index (κ3) is 2.62. The topological polar surface area (TPSA) is 46.0 Å². The van der Waals surface area contributed by atoms with Gasteiger partial charge in [0.2, 0.25) is 0 Å². The van der Waals surface area contributed by atoms with E-state index in [1.165, 1.54) is 18.3 Å². The van der Waals surface area contributed by atoms with Crippen LogP contribution < -0.4 is 0 Å². The zero-order valence-electron chi connectivity index (χ0n) is 8.35. The van der Waals surface area contributed by atoms with Crippen LogP contribution in [-0.2, 0) is 6.18 Å². The van der Waals surface area contributed by atoms with Crippen LogP contribution >= 0.6 is 11.5 Å². The molecule has 0 amide bonds. The molecule has 1 aromatic carbocycles. The minimum atomic E-state index is -4.37. The third-order valence-corrected chi connectivity index (χ3v) is 2.92. The highest BCUT2D eigenvalue weighted by atomic mass is 32.1. The first-order valence-electron chi connectivity index (χ1n) is 4.61. The van der Waals surface area contributed by atoms with Gasteiger partial charge < -0.3 is 5.11 Å². The van der Waals surface area contributed by atoms with Gasteiger partial charge in [0.05, 0.1) is 16.6 Å². The normalized spacial score (nSPS) is 13.6. The molecule has 90 valence electrons. The summed E-state index contributed by atoms with van der Waals surface area (Å²) in [6.07, 6.45) is -3.97. The number of hydrogen-bond acceptors (Lipinski definition) is 4. The number of aliphatic hydroxyl groups is 1. The smallest absolute Gasteiger partial charge is 0.383 e. The van der Waals surface area contributed by atoms with Crippen LogP contribution in [0.15, 0.2) is 30.5 Å². The van der Waals surface area contributed by atoms with Crippen molar-refractivity contribution in [1.82, 2.24) is 9.59 Å². The molecular weight excluding hydrogens is 253 g/mol. The molecule has 3 nitrogen and oxygen atoms in total. The number of benzene rings is 1. The lowest BCUT2D eigenvalue weighted by molar-refractivity contribution is -0.137. The Balaban J connectivity index is 2.24. The van der Waals surface area contributed by atoms with Gasteiger partial charge in [0, 0.05) is 0 Å². The van der Waals surface area contributed by atoms with Crippen LogP contribution in [0, 0.1) is 0 Å². The van der Waals surface area contributed by atoms with Gasteiger partial charge >= 0.3 is 6.18 Å². The number of alkyl halides is 3. The lowest BCUT2D eigenvalue weighted by atomic mass is 10.1. The lowest BCUT2D eigenvalue weighted by Crippen LogP contribution is -2.05. The Morgan fingerprint density at radius 2 is 1.82 bits per heavy atom. The Bertz CT molecular complexity index is 481. The zero-order valence-corrected chi connectivity index (χ0v) is 9.16. The Hall–Kier alpha value is -1.47. The van der Waals surface area contributed by atoms with Gasteiger partial charge in [0.25, 0.3) is 0 Å². The summed E-state index contributed by atoms with van der Waals surface area (Å²) in [5, 5.41) is 13.4. The summed E-state index contributed by atoms with van der Waals surface area (Å²) >= 11 is 1.00. The first kappa shape index (κ1) is 12.0. The average Bonchev–Trinajstić information content (AvgIpc) is 2.80. The van der Waals surface area contributed by atoms with Gasteiger partial charge in [-0.25, -0.2) is 0 Å². The van der Waals surface area contributed by atoms with E-state index >= 15 is 0 Å². The molecule has 1 N–H and O–H groups in total. The number of aromatic nitrogens is 2. The summed E-state index contributed by atoms with van der Waals surface area (Å²) in [5.74, 6) is 0. The lowest BCUT2D eigenvalue weighted by Gasteiger charge is -2.10. The molecule has 0 aliphatic rings. The second-order valence-corrected chi connectivity index (χ2v) is 4.16. The average molecular weight is 260 g/mol. The molecule has 0 saturated carbocycles. The minimum absolute atomic E-state index is 0.379. The molecule has 1 heterocycles. The quantitative estimate of drug-likeness (QED) is 0.902. The third-order valence-electron chi connectivity index (χ3n) is 2.20. The Morgan fingerprint density at radius 1 is 1.18 bits per heavy atom. The van der Waals surface area contributed by atoms with E-state index in [2.05, 4.69) is 9.59 Å². The van der Waals surface area contributed by atoms with Crippen molar-refractivity contribution in [3.63, 3.8) is 0 Å². The largest absolute Gasteiger partial charge is 0.416 e. The highest BCUT2D eigenvalue weighted by Gasteiger charge is 2.30. The molecule has 0 aliphatic heterocycles. The molecule has 1 aromatic heterocycles. The van der Waals surface area contributed by atoms with Crippen LogP contribution in [-0.4, -0.2) is 14.7 Å². The number of rotatable bonds is 2. The van der Waals surface area contributed by atoms with Gasteiger partial charge in [0.1, 0.15) is 6.10 Å². The summed E-state index contributed by atoms with van der Waals surface area (Å²) in [7, 11) is 0. The molecule has 0 fully saturated rings. The predicted octanol–water partition coefficient (Wildman–Crippen LogP) is 2.64. The Labute approximate surface area is 98.7 Å². The summed E-state index contributed by atoms with van der Waals surface area (Å²) in [6, 6.07) is 4.36. The number of halogens is 3. The molecular formula is C10H7F3N2OS. The molecule has 2 rings (SSSR count). The fourth-order valence-electron chi connectivity index (χ4n) is 1.31. The van der Waals surface area contributed by atoms with E-state index in [4.69, 9.17) is 0 Å². The standard InChI is InChI=1S/C10H7F3N2OS/c11-10(12,13)7-3-1-6(2-4-7)9(16)8-5-14-15-17-8/h1-5,9,16H. The van der Waals surface area contributed by atoms with Gasteiger partial charge in [-0.3, -0.25) is 0 Å². The molecule has 0 radical (unpaired) electrons. The van der Waals surface area contributed by atoms with E-state index in [-0.39, 0.29) is 0 Å². The van der Waals surface area contributed by atoms with Gasteiger partial charge in [-0.2, -0.15) is 13.2 Å². The van der Waals surface area contributed by atoms with Crippen molar-refractivity contribution in [2.24, 2.45) is 0 Å². The van der Waals surface area contributed by atoms with Crippen LogP contribution in [0.2, 0.25) is 0 Å². The van der Waals surface area contributed by atoms with E-state index in [9.17, 15) is 18.3 Å². The van der Waals surface area contributed by atoms with Crippen molar-refractivity contribution in [3.05, 3.63) is 46.5 Å². The summed E-state index contributed by atoms with van der Waals surface area (Å²) in [5.41, 5.74) is -0.361. The molecule has 1 unspecified atom stereocenters. The molecule has 1 atom stereocenters. The van der Waals surface area contributed by atoms with Gasteiger partial charge in [-0.1, -0.05) is 16.6 Å². The second-order valence-electron chi connectivity index (χ2n) is 3.34. The van der Waals surface area contributed by atoms with E-state index in [0.717, 1.165) is 23.7 Å². The number of hydrogen-bond donors (Lipinski definition) is 1. The number of aliphatic hydroxyl groups excluding tert-OH is 1. The van der Waals surface area contributed by atoms with Crippen molar-refractivity contribution in [2.45, 2.75) is 12.3 Å².